The molecule has 3 aromatic rings. The van der Waals surface area contributed by atoms with Crippen LogP contribution in [0.4, 0.5) is 0 Å². The van der Waals surface area contributed by atoms with Crippen molar-refractivity contribution in [1.29, 1.82) is 0 Å². The topological polar surface area (TPSA) is 0 Å². The van der Waals surface area contributed by atoms with E-state index in [0.29, 0.717) is 0 Å². The molecule has 0 amide bonds. The minimum atomic E-state index is -2.19. The Morgan fingerprint density at radius 2 is 0.926 bits per heavy atom. The summed E-state index contributed by atoms with van der Waals surface area (Å²) in [6.45, 7) is 13.0. The molecule has 140 valence electrons. The summed E-state index contributed by atoms with van der Waals surface area (Å²) in [5.74, 6) is 0. The van der Waals surface area contributed by atoms with E-state index in [4.69, 9.17) is 19.9 Å². The van der Waals surface area contributed by atoms with Crippen LogP contribution in [-0.2, 0) is 0 Å². The molecule has 0 heterocycles. The van der Waals surface area contributed by atoms with Crippen LogP contribution >= 0.6 is 19.9 Å². The molecule has 0 N–H and O–H groups in total. The van der Waals surface area contributed by atoms with Gasteiger partial charge in [0.2, 0.25) is 0 Å². The van der Waals surface area contributed by atoms with Crippen LogP contribution in [0.3, 0.4) is 0 Å². The van der Waals surface area contributed by atoms with Gasteiger partial charge in [0, 0.05) is 0 Å². The summed E-state index contributed by atoms with van der Waals surface area (Å²) in [5.41, 5.74) is 12.5. The zero-order valence-electron chi connectivity index (χ0n) is 16.7. The molecule has 0 unspecified atom stereocenters. The fraction of sp³-hybridized carbons (Fsp3) is 0.250. The Labute approximate surface area is 176 Å². The first-order chi connectivity index (χ1) is 12.7. The molecule has 3 rings (SSSR count). The van der Waals surface area contributed by atoms with Crippen molar-refractivity contribution in [2.24, 2.45) is 0 Å². The number of aryl methyl sites for hydroxylation is 6. The number of hydrogen-bond acceptors (Lipinski definition) is 0. The van der Waals surface area contributed by atoms with E-state index in [1.165, 1.54) is 55.6 Å². The number of halogens is 2. The third kappa shape index (κ3) is 4.00. The Hall–Kier alpha value is -1.20. The van der Waals surface area contributed by atoms with Crippen LogP contribution in [0.1, 0.15) is 33.4 Å². The summed E-state index contributed by atoms with van der Waals surface area (Å²) in [7, 11) is 13.4. The van der Waals surface area contributed by atoms with Gasteiger partial charge < -0.3 is 0 Å². The van der Waals surface area contributed by atoms with Gasteiger partial charge in [-0.3, -0.25) is 0 Å². The van der Waals surface area contributed by atoms with Gasteiger partial charge in [-0.25, -0.2) is 0 Å². The van der Waals surface area contributed by atoms with Crippen LogP contribution in [0.15, 0.2) is 42.5 Å². The molecule has 0 nitrogen and oxygen atoms in total. The van der Waals surface area contributed by atoms with E-state index in [-0.39, 0.29) is 0 Å². The molecule has 0 aliphatic carbocycles. The molecule has 0 aromatic heterocycles. The van der Waals surface area contributed by atoms with Gasteiger partial charge in [0.1, 0.15) is 0 Å². The van der Waals surface area contributed by atoms with Crippen molar-refractivity contribution >= 4 is 37.0 Å². The number of hydrogen-bond donors (Lipinski definition) is 0. The van der Waals surface area contributed by atoms with Crippen LogP contribution in [0.25, 0.3) is 22.3 Å². The van der Waals surface area contributed by atoms with Crippen molar-refractivity contribution in [1.82, 2.24) is 0 Å². The van der Waals surface area contributed by atoms with Gasteiger partial charge in [-0.2, -0.15) is 0 Å². The average molecular weight is 459 g/mol. The van der Waals surface area contributed by atoms with Crippen molar-refractivity contribution in [2.45, 2.75) is 41.5 Å². The second kappa shape index (κ2) is 8.04. The van der Waals surface area contributed by atoms with Gasteiger partial charge in [0.15, 0.2) is 0 Å². The normalized spacial score (nSPS) is 11.3. The number of benzene rings is 3. The Kier molecular flexibility index (Phi) is 6.11. The molecular weight excluding hydrogens is 434 g/mol. The average Bonchev–Trinajstić information content (AvgIpc) is 2.52. The second-order valence-electron chi connectivity index (χ2n) is 7.48. The first-order valence-electron chi connectivity index (χ1n) is 9.12. The van der Waals surface area contributed by atoms with Crippen LogP contribution in [-0.4, -0.2) is 12.8 Å². The minimum absolute atomic E-state index is 1.14. The SMILES string of the molecule is Cc1cc(C)c(-c2cccc(-c3c(C)cc(C)cc3C)c2[As](Cl)Cl)c(C)c1. The molecule has 0 saturated heterocycles. The van der Waals surface area contributed by atoms with Gasteiger partial charge in [-0.05, 0) is 0 Å². The molecule has 0 bridgehead atoms. The van der Waals surface area contributed by atoms with E-state index in [1.807, 2.05) is 0 Å². The molecule has 0 fully saturated rings. The molecule has 27 heavy (non-hydrogen) atoms. The number of rotatable bonds is 3. The van der Waals surface area contributed by atoms with E-state index in [2.05, 4.69) is 84.0 Å². The Balaban J connectivity index is 2.37. The third-order valence-electron chi connectivity index (χ3n) is 5.10. The molecular formula is C24H25AsCl2. The molecule has 3 aromatic carbocycles. The summed E-state index contributed by atoms with van der Waals surface area (Å²) in [6.07, 6.45) is 0. The molecule has 0 radical (unpaired) electrons. The van der Waals surface area contributed by atoms with Crippen LogP contribution in [0.5, 0.6) is 0 Å². The molecule has 3 heteroatoms. The van der Waals surface area contributed by atoms with Crippen molar-refractivity contribution in [3.05, 3.63) is 75.8 Å². The van der Waals surface area contributed by atoms with Gasteiger partial charge >= 0.3 is 177 Å². The second-order valence-corrected chi connectivity index (χ2v) is 13.8. The maximum atomic E-state index is 6.70. The third-order valence-corrected chi connectivity index (χ3v) is 8.57. The summed E-state index contributed by atoms with van der Waals surface area (Å²) >= 11 is -2.19. The Bertz CT molecular complexity index is 897. The molecule has 0 aliphatic heterocycles. The van der Waals surface area contributed by atoms with Crippen molar-refractivity contribution < 1.29 is 0 Å². The Morgan fingerprint density at radius 1 is 0.593 bits per heavy atom. The molecule has 0 saturated carbocycles. The summed E-state index contributed by atoms with van der Waals surface area (Å²) in [6, 6.07) is 15.4. The summed E-state index contributed by atoms with van der Waals surface area (Å²) in [5, 5.41) is 0. The predicted molar refractivity (Wildman–Crippen MR) is 123 cm³/mol. The predicted octanol–water partition coefficient (Wildman–Crippen LogP) is 7.04. The van der Waals surface area contributed by atoms with Crippen LogP contribution in [0, 0.1) is 41.5 Å². The first-order valence-corrected chi connectivity index (χ1v) is 15.0. The van der Waals surface area contributed by atoms with E-state index < -0.39 is 12.8 Å². The molecule has 0 atom stereocenters. The zero-order valence-corrected chi connectivity index (χ0v) is 20.1. The van der Waals surface area contributed by atoms with Crippen molar-refractivity contribution in [3.63, 3.8) is 0 Å². The fourth-order valence-corrected chi connectivity index (χ4v) is 7.78. The van der Waals surface area contributed by atoms with Crippen LogP contribution in [0.2, 0.25) is 0 Å². The van der Waals surface area contributed by atoms with Gasteiger partial charge in [0.25, 0.3) is 0 Å². The van der Waals surface area contributed by atoms with Crippen molar-refractivity contribution in [2.75, 3.05) is 0 Å². The van der Waals surface area contributed by atoms with E-state index in [1.54, 1.807) is 0 Å². The van der Waals surface area contributed by atoms with Gasteiger partial charge in [-0.15, -0.1) is 0 Å². The van der Waals surface area contributed by atoms with E-state index in [9.17, 15) is 0 Å². The van der Waals surface area contributed by atoms with Crippen molar-refractivity contribution in [3.8, 4) is 22.3 Å². The Morgan fingerprint density at radius 3 is 1.22 bits per heavy atom. The van der Waals surface area contributed by atoms with E-state index >= 15 is 0 Å². The standard InChI is InChI=1S/C24H25AsCl2/c1-14-10-16(3)22(17(4)11-14)20-8-7-9-21(24(20)25(26)27)23-18(5)12-15(2)13-19(23)6/h7-13H,1-6H3. The van der Waals surface area contributed by atoms with Gasteiger partial charge in [0.05, 0.1) is 0 Å². The monoisotopic (exact) mass is 458 g/mol. The maximum absolute atomic E-state index is 6.70. The van der Waals surface area contributed by atoms with E-state index in [0.717, 1.165) is 4.35 Å². The quantitative estimate of drug-likeness (QED) is 0.369. The molecule has 0 aliphatic rings. The summed E-state index contributed by atoms with van der Waals surface area (Å²) in [4.78, 5) is 0. The molecule has 0 spiro atoms. The van der Waals surface area contributed by atoms with Crippen LogP contribution < -0.4 is 4.35 Å². The first kappa shape index (κ1) is 20.5. The fourth-order valence-electron chi connectivity index (χ4n) is 4.34. The van der Waals surface area contributed by atoms with Gasteiger partial charge in [-0.1, -0.05) is 0 Å². The summed E-state index contributed by atoms with van der Waals surface area (Å²) < 4.78 is 1.14. The zero-order chi connectivity index (χ0) is 19.9.